The summed E-state index contributed by atoms with van der Waals surface area (Å²) in [5.74, 6) is 1.12. The maximum atomic E-state index is 12.3. The number of carbonyl (C=O) groups is 1. The van der Waals surface area contributed by atoms with Crippen molar-refractivity contribution >= 4 is 17.5 Å². The van der Waals surface area contributed by atoms with Crippen LogP contribution in [0.15, 0.2) is 48.5 Å². The van der Waals surface area contributed by atoms with Crippen molar-refractivity contribution in [3.05, 3.63) is 59.1 Å². The topological polar surface area (TPSA) is 47.6 Å². The third kappa shape index (κ3) is 4.89. The quantitative estimate of drug-likeness (QED) is 0.837. The summed E-state index contributed by atoms with van der Waals surface area (Å²) in [4.78, 5) is 12.3. The molecule has 23 heavy (non-hydrogen) atoms. The summed E-state index contributed by atoms with van der Waals surface area (Å²) in [6.07, 6.45) is -0.00411. The average molecular weight is 334 g/mol. The van der Waals surface area contributed by atoms with Crippen LogP contribution >= 0.6 is 11.6 Å². The van der Waals surface area contributed by atoms with Gasteiger partial charge in [0.1, 0.15) is 11.5 Å². The van der Waals surface area contributed by atoms with Crippen molar-refractivity contribution in [3.8, 4) is 11.5 Å². The largest absolute Gasteiger partial charge is 0.497 e. The van der Waals surface area contributed by atoms with Crippen molar-refractivity contribution in [3.63, 3.8) is 0 Å². The zero-order valence-electron chi connectivity index (χ0n) is 13.2. The zero-order valence-corrected chi connectivity index (χ0v) is 14.0. The summed E-state index contributed by atoms with van der Waals surface area (Å²) in [6, 6.07) is 14.6. The molecule has 0 bridgehead atoms. The van der Waals surface area contributed by atoms with Gasteiger partial charge in [0.2, 0.25) is 0 Å². The van der Waals surface area contributed by atoms with E-state index in [1.807, 2.05) is 37.3 Å². The van der Waals surface area contributed by atoms with Gasteiger partial charge in [0.25, 0.3) is 5.91 Å². The molecule has 1 N–H and O–H groups in total. The van der Waals surface area contributed by atoms with Gasteiger partial charge in [-0.25, -0.2) is 0 Å². The maximum Gasteiger partial charge on any atom is 0.261 e. The van der Waals surface area contributed by atoms with Crippen LogP contribution < -0.4 is 14.8 Å². The Morgan fingerprint density at radius 3 is 2.61 bits per heavy atom. The summed E-state index contributed by atoms with van der Waals surface area (Å²) in [5.41, 5.74) is 0.874. The van der Waals surface area contributed by atoms with Crippen molar-refractivity contribution in [2.24, 2.45) is 0 Å². The average Bonchev–Trinajstić information content (AvgIpc) is 2.59. The molecule has 2 aromatic carbocycles. The van der Waals surface area contributed by atoms with Gasteiger partial charge in [0.15, 0.2) is 6.10 Å². The predicted octanol–water partition coefficient (Wildman–Crippen LogP) is 3.82. The highest BCUT2D eigenvalue weighted by atomic mass is 35.5. The van der Waals surface area contributed by atoms with Crippen LogP contribution in [0.5, 0.6) is 11.5 Å². The van der Waals surface area contributed by atoms with E-state index in [1.165, 1.54) is 0 Å². The lowest BCUT2D eigenvalue weighted by molar-refractivity contribution is -0.128. The molecule has 0 aliphatic heterocycles. The predicted molar refractivity (Wildman–Crippen MR) is 91.0 cm³/mol. The molecule has 1 amide bonds. The van der Waals surface area contributed by atoms with E-state index in [0.29, 0.717) is 29.5 Å². The molecular formula is C18H20ClNO3. The first-order valence-corrected chi connectivity index (χ1v) is 7.83. The van der Waals surface area contributed by atoms with Gasteiger partial charge < -0.3 is 14.8 Å². The van der Waals surface area contributed by atoms with Crippen LogP contribution in [0, 0.1) is 0 Å². The molecule has 0 spiro atoms. The number of ether oxygens (including phenoxy) is 2. The second-order valence-corrected chi connectivity index (χ2v) is 5.41. The number of rotatable bonds is 7. The van der Waals surface area contributed by atoms with E-state index in [9.17, 15) is 4.79 Å². The van der Waals surface area contributed by atoms with Crippen LogP contribution in [0.2, 0.25) is 5.02 Å². The standard InChI is InChI=1S/C18H20ClNO3/c1-3-17(23-15-9-6-8-14(11-15)22-2)18(21)20-12-13-7-4-5-10-16(13)19/h4-11,17H,3,12H2,1-2H3,(H,20,21)/t17-/m0/s1. The molecule has 0 fully saturated rings. The van der Waals surface area contributed by atoms with Crippen molar-refractivity contribution in [1.29, 1.82) is 0 Å². The zero-order chi connectivity index (χ0) is 16.7. The smallest absolute Gasteiger partial charge is 0.261 e. The molecule has 0 aliphatic rings. The fraction of sp³-hybridized carbons (Fsp3) is 0.278. The molecule has 2 rings (SSSR count). The van der Waals surface area contributed by atoms with Crippen molar-refractivity contribution in [1.82, 2.24) is 5.32 Å². The molecule has 0 unspecified atom stereocenters. The minimum Gasteiger partial charge on any atom is -0.497 e. The third-order valence-electron chi connectivity index (χ3n) is 3.39. The second-order valence-electron chi connectivity index (χ2n) is 5.00. The van der Waals surface area contributed by atoms with Crippen LogP contribution in [0.1, 0.15) is 18.9 Å². The summed E-state index contributed by atoms with van der Waals surface area (Å²) in [7, 11) is 1.59. The number of amides is 1. The minimum atomic E-state index is -0.565. The number of nitrogens with one attached hydrogen (secondary N) is 1. The number of carbonyl (C=O) groups excluding carboxylic acids is 1. The summed E-state index contributed by atoms with van der Waals surface area (Å²) in [6.45, 7) is 2.27. The molecule has 0 saturated heterocycles. The monoisotopic (exact) mass is 333 g/mol. The molecule has 0 saturated carbocycles. The van der Waals surface area contributed by atoms with Crippen LogP contribution in [-0.4, -0.2) is 19.1 Å². The Balaban J connectivity index is 1.97. The molecule has 2 aromatic rings. The molecule has 0 heterocycles. The Morgan fingerprint density at radius 2 is 1.91 bits per heavy atom. The summed E-state index contributed by atoms with van der Waals surface area (Å²) < 4.78 is 10.9. The van der Waals surface area contributed by atoms with Gasteiger partial charge in [0, 0.05) is 17.6 Å². The molecule has 4 nitrogen and oxygen atoms in total. The van der Waals surface area contributed by atoms with Gasteiger partial charge in [-0.15, -0.1) is 0 Å². The fourth-order valence-corrected chi connectivity index (χ4v) is 2.30. The van der Waals surface area contributed by atoms with Gasteiger partial charge in [-0.05, 0) is 30.2 Å². The Labute approximate surface area is 141 Å². The lowest BCUT2D eigenvalue weighted by Crippen LogP contribution is -2.37. The van der Waals surface area contributed by atoms with Crippen molar-refractivity contribution in [2.75, 3.05) is 7.11 Å². The molecule has 1 atom stereocenters. The van der Waals surface area contributed by atoms with E-state index in [0.717, 1.165) is 5.56 Å². The van der Waals surface area contributed by atoms with E-state index in [4.69, 9.17) is 21.1 Å². The lowest BCUT2D eigenvalue weighted by Gasteiger charge is -2.18. The fourth-order valence-electron chi connectivity index (χ4n) is 2.10. The first-order valence-electron chi connectivity index (χ1n) is 7.46. The van der Waals surface area contributed by atoms with Crippen LogP contribution in [0.4, 0.5) is 0 Å². The first kappa shape index (κ1) is 17.2. The van der Waals surface area contributed by atoms with E-state index < -0.39 is 6.10 Å². The van der Waals surface area contributed by atoms with Gasteiger partial charge in [-0.1, -0.05) is 42.8 Å². The Hall–Kier alpha value is -2.20. The maximum absolute atomic E-state index is 12.3. The molecule has 0 radical (unpaired) electrons. The molecule has 5 heteroatoms. The van der Waals surface area contributed by atoms with Gasteiger partial charge in [0.05, 0.1) is 7.11 Å². The first-order chi connectivity index (χ1) is 11.1. The highest BCUT2D eigenvalue weighted by Crippen LogP contribution is 2.21. The number of hydrogen-bond acceptors (Lipinski definition) is 3. The Bertz CT molecular complexity index is 660. The molecule has 0 aromatic heterocycles. The van der Waals surface area contributed by atoms with Crippen LogP contribution in [0.25, 0.3) is 0 Å². The van der Waals surface area contributed by atoms with Crippen LogP contribution in [0.3, 0.4) is 0 Å². The van der Waals surface area contributed by atoms with E-state index >= 15 is 0 Å². The van der Waals surface area contributed by atoms with Crippen molar-refractivity contribution in [2.45, 2.75) is 26.0 Å². The molecule has 0 aliphatic carbocycles. The highest BCUT2D eigenvalue weighted by molar-refractivity contribution is 6.31. The van der Waals surface area contributed by atoms with E-state index in [-0.39, 0.29) is 5.91 Å². The number of benzene rings is 2. The highest BCUT2D eigenvalue weighted by Gasteiger charge is 2.18. The SMILES string of the molecule is CC[C@H](Oc1cccc(OC)c1)C(=O)NCc1ccccc1Cl. The van der Waals surface area contributed by atoms with Gasteiger partial charge in [-0.3, -0.25) is 4.79 Å². The van der Waals surface area contributed by atoms with E-state index in [2.05, 4.69) is 5.32 Å². The third-order valence-corrected chi connectivity index (χ3v) is 3.76. The number of halogens is 1. The van der Waals surface area contributed by atoms with Crippen LogP contribution in [-0.2, 0) is 11.3 Å². The Morgan fingerprint density at radius 1 is 1.17 bits per heavy atom. The van der Waals surface area contributed by atoms with Gasteiger partial charge in [-0.2, -0.15) is 0 Å². The number of methoxy groups -OCH3 is 1. The summed E-state index contributed by atoms with van der Waals surface area (Å²) >= 11 is 6.09. The lowest BCUT2D eigenvalue weighted by atomic mass is 10.2. The molecule has 122 valence electrons. The summed E-state index contributed by atoms with van der Waals surface area (Å²) in [5, 5.41) is 3.49. The Kier molecular flexibility index (Phi) is 6.29. The minimum absolute atomic E-state index is 0.171. The molecular weight excluding hydrogens is 314 g/mol. The van der Waals surface area contributed by atoms with E-state index in [1.54, 1.807) is 25.3 Å². The van der Waals surface area contributed by atoms with Crippen molar-refractivity contribution < 1.29 is 14.3 Å². The normalized spacial score (nSPS) is 11.6. The van der Waals surface area contributed by atoms with Gasteiger partial charge >= 0.3 is 0 Å². The second kappa shape index (κ2) is 8.44. The number of hydrogen-bond donors (Lipinski definition) is 1.